The minimum absolute atomic E-state index is 0.0186. The lowest BCUT2D eigenvalue weighted by Crippen LogP contribution is -2.48. The van der Waals surface area contributed by atoms with Gasteiger partial charge in [-0.15, -0.1) is 0 Å². The minimum atomic E-state index is -0.235. The van der Waals surface area contributed by atoms with E-state index in [1.165, 1.54) is 6.42 Å². The molecule has 0 N–H and O–H groups in total. The molecular formula is C18H23NO4. The molecule has 124 valence electrons. The van der Waals surface area contributed by atoms with Crippen LogP contribution in [0.5, 0.6) is 11.5 Å². The summed E-state index contributed by atoms with van der Waals surface area (Å²) >= 11 is 0. The second kappa shape index (κ2) is 5.41. The predicted octanol–water partition coefficient (Wildman–Crippen LogP) is 2.44. The maximum absolute atomic E-state index is 12.4. The Kier molecular flexibility index (Phi) is 3.48. The largest absolute Gasteiger partial charge is 0.493 e. The minimum Gasteiger partial charge on any atom is -0.493 e. The van der Waals surface area contributed by atoms with Gasteiger partial charge in [-0.3, -0.25) is 0 Å². The van der Waals surface area contributed by atoms with Crippen molar-refractivity contribution in [1.82, 2.24) is 4.90 Å². The molecule has 5 heteroatoms. The van der Waals surface area contributed by atoms with Gasteiger partial charge in [0.25, 0.3) is 0 Å². The molecule has 0 aromatic heterocycles. The highest BCUT2D eigenvalue weighted by Crippen LogP contribution is 2.49. The fourth-order valence-electron chi connectivity index (χ4n) is 4.77. The van der Waals surface area contributed by atoms with Crippen molar-refractivity contribution in [2.75, 3.05) is 27.8 Å². The van der Waals surface area contributed by atoms with Gasteiger partial charge in [-0.05, 0) is 56.5 Å². The van der Waals surface area contributed by atoms with Gasteiger partial charge in [0.1, 0.15) is 6.10 Å². The zero-order valence-electron chi connectivity index (χ0n) is 13.9. The molecule has 1 aromatic carbocycles. The van der Waals surface area contributed by atoms with Gasteiger partial charge in [0.15, 0.2) is 11.5 Å². The van der Waals surface area contributed by atoms with E-state index >= 15 is 0 Å². The van der Waals surface area contributed by atoms with Crippen LogP contribution in [-0.4, -0.2) is 50.8 Å². The molecule has 0 radical (unpaired) electrons. The number of fused-ring (bicyclic) bond motifs is 5. The number of nitrogens with zero attached hydrogens (tertiary/aromatic N) is 1. The van der Waals surface area contributed by atoms with E-state index in [4.69, 9.17) is 14.2 Å². The summed E-state index contributed by atoms with van der Waals surface area (Å²) in [4.78, 5) is 14.9. The smallest absolute Gasteiger partial charge is 0.338 e. The second-order valence-corrected chi connectivity index (χ2v) is 6.86. The van der Waals surface area contributed by atoms with Gasteiger partial charge >= 0.3 is 5.97 Å². The maximum atomic E-state index is 12.4. The average molecular weight is 317 g/mol. The monoisotopic (exact) mass is 317 g/mol. The van der Waals surface area contributed by atoms with E-state index in [0.29, 0.717) is 29.0 Å². The summed E-state index contributed by atoms with van der Waals surface area (Å²) in [6.45, 7) is 1.12. The molecule has 2 heterocycles. The van der Waals surface area contributed by atoms with Gasteiger partial charge in [-0.25, -0.2) is 4.79 Å². The predicted molar refractivity (Wildman–Crippen MR) is 85.2 cm³/mol. The van der Waals surface area contributed by atoms with E-state index in [-0.39, 0.29) is 18.0 Å². The number of carbonyl (C=O) groups is 1. The summed E-state index contributed by atoms with van der Waals surface area (Å²) in [6.07, 6.45) is 3.32. The Hall–Kier alpha value is -1.75. The number of esters is 1. The normalized spacial score (nSPS) is 32.6. The van der Waals surface area contributed by atoms with Crippen LogP contribution in [0.2, 0.25) is 0 Å². The standard InChI is InChI=1S/C18H23NO4/c1-19-7-6-10-4-5-13-16(17(10)19)11-8-14(21-2)15(22-3)9-12(11)18(20)23-13/h8-10,13,16-17H,4-7H2,1-3H3. The number of hydrogen-bond acceptors (Lipinski definition) is 5. The number of likely N-dealkylation sites (tertiary alicyclic amines) is 1. The van der Waals surface area contributed by atoms with E-state index in [1.54, 1.807) is 20.3 Å². The van der Waals surface area contributed by atoms with Crippen LogP contribution in [0.25, 0.3) is 0 Å². The third kappa shape index (κ3) is 2.13. The van der Waals surface area contributed by atoms with Crippen molar-refractivity contribution in [3.8, 4) is 11.5 Å². The lowest BCUT2D eigenvalue weighted by atomic mass is 9.70. The Morgan fingerprint density at radius 1 is 1.13 bits per heavy atom. The van der Waals surface area contributed by atoms with Crippen LogP contribution in [0.3, 0.4) is 0 Å². The summed E-state index contributed by atoms with van der Waals surface area (Å²) in [7, 11) is 5.40. The number of methoxy groups -OCH3 is 2. The fraction of sp³-hybridized carbons (Fsp3) is 0.611. The highest BCUT2D eigenvalue weighted by atomic mass is 16.5. The Morgan fingerprint density at radius 2 is 1.87 bits per heavy atom. The summed E-state index contributed by atoms with van der Waals surface area (Å²) in [5.41, 5.74) is 1.69. The number of rotatable bonds is 2. The van der Waals surface area contributed by atoms with Gasteiger partial charge in [0.2, 0.25) is 0 Å². The fourth-order valence-corrected chi connectivity index (χ4v) is 4.77. The Labute approximate surface area is 136 Å². The van der Waals surface area contributed by atoms with E-state index in [1.807, 2.05) is 6.07 Å². The van der Waals surface area contributed by atoms with Crippen molar-refractivity contribution in [3.05, 3.63) is 23.3 Å². The number of carbonyl (C=O) groups excluding carboxylic acids is 1. The first kappa shape index (κ1) is 14.8. The second-order valence-electron chi connectivity index (χ2n) is 6.86. The molecule has 0 spiro atoms. The van der Waals surface area contributed by atoms with Crippen molar-refractivity contribution < 1.29 is 19.0 Å². The van der Waals surface area contributed by atoms with E-state index in [9.17, 15) is 4.79 Å². The molecule has 0 amide bonds. The van der Waals surface area contributed by atoms with Crippen molar-refractivity contribution >= 4 is 5.97 Å². The van der Waals surface area contributed by atoms with E-state index in [0.717, 1.165) is 24.9 Å². The Bertz CT molecular complexity index is 644. The molecule has 1 saturated heterocycles. The van der Waals surface area contributed by atoms with Crippen molar-refractivity contribution in [1.29, 1.82) is 0 Å². The SMILES string of the molecule is COc1cc2c(cc1OC)C1C(CCC3CCN(C)C31)OC2=O. The quantitative estimate of drug-likeness (QED) is 0.784. The summed E-state index contributed by atoms with van der Waals surface area (Å²) < 4.78 is 16.6. The molecule has 4 rings (SSSR count). The van der Waals surface area contributed by atoms with Gasteiger partial charge in [0, 0.05) is 12.0 Å². The molecule has 2 fully saturated rings. The Morgan fingerprint density at radius 3 is 2.61 bits per heavy atom. The molecule has 1 saturated carbocycles. The molecular weight excluding hydrogens is 294 g/mol. The van der Waals surface area contributed by atoms with Crippen molar-refractivity contribution in [3.63, 3.8) is 0 Å². The molecule has 5 nitrogen and oxygen atoms in total. The Balaban J connectivity index is 1.85. The lowest BCUT2D eigenvalue weighted by Gasteiger charge is -2.45. The van der Waals surface area contributed by atoms with Gasteiger partial charge < -0.3 is 19.1 Å². The van der Waals surface area contributed by atoms with Crippen LogP contribution in [0.1, 0.15) is 41.1 Å². The summed E-state index contributed by atoms with van der Waals surface area (Å²) in [6, 6.07) is 4.20. The number of benzene rings is 1. The molecule has 1 aromatic rings. The van der Waals surface area contributed by atoms with Crippen LogP contribution in [0, 0.1) is 5.92 Å². The first-order valence-electron chi connectivity index (χ1n) is 8.31. The van der Waals surface area contributed by atoms with Crippen LogP contribution >= 0.6 is 0 Å². The first-order valence-corrected chi connectivity index (χ1v) is 8.31. The van der Waals surface area contributed by atoms with Crippen LogP contribution in [0.4, 0.5) is 0 Å². The van der Waals surface area contributed by atoms with E-state index in [2.05, 4.69) is 11.9 Å². The van der Waals surface area contributed by atoms with Crippen LogP contribution < -0.4 is 9.47 Å². The van der Waals surface area contributed by atoms with Gasteiger partial charge in [0.05, 0.1) is 19.8 Å². The van der Waals surface area contributed by atoms with Crippen molar-refractivity contribution in [2.45, 2.75) is 37.3 Å². The number of hydrogen-bond donors (Lipinski definition) is 0. The van der Waals surface area contributed by atoms with Crippen LogP contribution in [0.15, 0.2) is 12.1 Å². The molecule has 1 aliphatic carbocycles. The third-order valence-corrected chi connectivity index (χ3v) is 5.83. The molecule has 0 bridgehead atoms. The van der Waals surface area contributed by atoms with Gasteiger partial charge in [-0.1, -0.05) is 0 Å². The molecule has 23 heavy (non-hydrogen) atoms. The zero-order chi connectivity index (χ0) is 16.1. The molecule has 2 aliphatic heterocycles. The van der Waals surface area contributed by atoms with Crippen LogP contribution in [-0.2, 0) is 4.74 Å². The molecule has 4 atom stereocenters. The molecule has 4 unspecified atom stereocenters. The zero-order valence-corrected chi connectivity index (χ0v) is 13.9. The van der Waals surface area contributed by atoms with E-state index < -0.39 is 0 Å². The third-order valence-electron chi connectivity index (χ3n) is 5.83. The first-order chi connectivity index (χ1) is 11.1. The summed E-state index contributed by atoms with van der Waals surface area (Å²) in [5.74, 6) is 1.95. The lowest BCUT2D eigenvalue weighted by molar-refractivity contribution is -0.0125. The number of likely N-dealkylation sites (N-methyl/N-ethyl adjacent to an activating group) is 1. The van der Waals surface area contributed by atoms with Gasteiger partial charge in [-0.2, -0.15) is 0 Å². The maximum Gasteiger partial charge on any atom is 0.338 e. The highest BCUT2D eigenvalue weighted by molar-refractivity contribution is 5.93. The molecule has 3 aliphatic rings. The average Bonchev–Trinajstić information content (AvgIpc) is 2.95. The topological polar surface area (TPSA) is 48.0 Å². The highest BCUT2D eigenvalue weighted by Gasteiger charge is 2.50. The number of ether oxygens (including phenoxy) is 3. The summed E-state index contributed by atoms with van der Waals surface area (Å²) in [5, 5.41) is 0. The van der Waals surface area contributed by atoms with Crippen molar-refractivity contribution in [2.24, 2.45) is 5.92 Å².